The Kier molecular flexibility index (Phi) is 4.48. The van der Waals surface area contributed by atoms with E-state index >= 15 is 0 Å². The summed E-state index contributed by atoms with van der Waals surface area (Å²) in [6, 6.07) is 7.28. The fourth-order valence-corrected chi connectivity index (χ4v) is 1.46. The number of rotatable bonds is 3. The van der Waals surface area contributed by atoms with Crippen LogP contribution in [0.15, 0.2) is 30.6 Å². The largest absolute Gasteiger partial charge is 0.497 e. The van der Waals surface area contributed by atoms with E-state index < -0.39 is 0 Å². The summed E-state index contributed by atoms with van der Waals surface area (Å²) < 4.78 is 6.72. The van der Waals surface area contributed by atoms with Crippen molar-refractivity contribution in [3.8, 4) is 5.75 Å². The van der Waals surface area contributed by atoms with Crippen molar-refractivity contribution < 1.29 is 4.74 Å². The quantitative estimate of drug-likeness (QED) is 0.897. The summed E-state index contributed by atoms with van der Waals surface area (Å²) in [6.07, 6.45) is 1.64. The number of hydrogen-bond donors (Lipinski definition) is 1. The van der Waals surface area contributed by atoms with Gasteiger partial charge in [0.05, 0.1) is 13.2 Å². The Morgan fingerprint density at radius 1 is 1.29 bits per heavy atom. The van der Waals surface area contributed by atoms with Crippen LogP contribution in [-0.2, 0) is 7.05 Å². The second-order valence-electron chi connectivity index (χ2n) is 3.53. The Hall–Kier alpha value is -1.59. The van der Waals surface area contributed by atoms with E-state index in [4.69, 9.17) is 10.5 Å². The summed E-state index contributed by atoms with van der Waals surface area (Å²) in [5, 5.41) is 4.18. The zero-order valence-electron chi connectivity index (χ0n) is 9.70. The molecule has 1 heterocycles. The van der Waals surface area contributed by atoms with Gasteiger partial charge in [0, 0.05) is 7.05 Å². The molecule has 1 aromatic carbocycles. The molecule has 6 heteroatoms. The van der Waals surface area contributed by atoms with E-state index in [1.807, 2.05) is 31.3 Å². The van der Waals surface area contributed by atoms with Crippen LogP contribution in [0.2, 0.25) is 0 Å². The highest BCUT2D eigenvalue weighted by Crippen LogP contribution is 2.19. The number of nitrogens with two attached hydrogens (primary N) is 1. The molecule has 5 nitrogen and oxygen atoms in total. The van der Waals surface area contributed by atoms with E-state index in [1.54, 1.807) is 18.1 Å². The highest BCUT2D eigenvalue weighted by molar-refractivity contribution is 5.85. The molecule has 0 aliphatic carbocycles. The lowest BCUT2D eigenvalue weighted by molar-refractivity contribution is 0.414. The third-order valence-electron chi connectivity index (χ3n) is 2.37. The standard InChI is InChI=1S/C11H14N4O.ClH/c1-15-7-13-11(14-15)10(12)8-3-5-9(16-2)6-4-8;/h3-7,10H,12H2,1-2H3;1H. The Bertz CT molecular complexity index is 469. The number of nitrogens with zero attached hydrogens (tertiary/aromatic N) is 3. The predicted molar refractivity (Wildman–Crippen MR) is 67.3 cm³/mol. The zero-order valence-corrected chi connectivity index (χ0v) is 10.5. The second-order valence-corrected chi connectivity index (χ2v) is 3.53. The Morgan fingerprint density at radius 2 is 1.94 bits per heavy atom. The fourth-order valence-electron chi connectivity index (χ4n) is 1.46. The molecule has 2 aromatic rings. The summed E-state index contributed by atoms with van der Waals surface area (Å²) in [4.78, 5) is 4.13. The minimum Gasteiger partial charge on any atom is -0.497 e. The van der Waals surface area contributed by atoms with Crippen LogP contribution in [0, 0.1) is 0 Å². The first-order valence-corrected chi connectivity index (χ1v) is 4.96. The summed E-state index contributed by atoms with van der Waals surface area (Å²) in [5.74, 6) is 1.43. The van der Waals surface area contributed by atoms with Gasteiger partial charge in [-0.25, -0.2) is 4.98 Å². The number of halogens is 1. The maximum atomic E-state index is 6.04. The van der Waals surface area contributed by atoms with Crippen LogP contribution in [-0.4, -0.2) is 21.9 Å². The minimum atomic E-state index is -0.299. The van der Waals surface area contributed by atoms with Gasteiger partial charge in [-0.1, -0.05) is 12.1 Å². The van der Waals surface area contributed by atoms with E-state index in [1.165, 1.54) is 0 Å². The van der Waals surface area contributed by atoms with Crippen molar-refractivity contribution in [2.45, 2.75) is 6.04 Å². The molecular formula is C11H15ClN4O. The van der Waals surface area contributed by atoms with Crippen LogP contribution < -0.4 is 10.5 Å². The maximum absolute atomic E-state index is 6.04. The Morgan fingerprint density at radius 3 is 2.41 bits per heavy atom. The van der Waals surface area contributed by atoms with Gasteiger partial charge in [-0.2, -0.15) is 5.10 Å². The van der Waals surface area contributed by atoms with Crippen molar-refractivity contribution >= 4 is 12.4 Å². The first-order chi connectivity index (χ1) is 7.70. The van der Waals surface area contributed by atoms with Gasteiger partial charge in [0.1, 0.15) is 12.1 Å². The first-order valence-electron chi connectivity index (χ1n) is 4.96. The molecule has 0 amide bonds. The summed E-state index contributed by atoms with van der Waals surface area (Å²) in [5.41, 5.74) is 7.01. The van der Waals surface area contributed by atoms with Crippen molar-refractivity contribution in [3.05, 3.63) is 42.0 Å². The number of aryl methyl sites for hydroxylation is 1. The predicted octanol–water partition coefficient (Wildman–Crippen LogP) is 1.29. The number of benzene rings is 1. The molecule has 1 aromatic heterocycles. The molecule has 0 saturated heterocycles. The third-order valence-corrected chi connectivity index (χ3v) is 2.37. The van der Waals surface area contributed by atoms with Crippen molar-refractivity contribution in [2.24, 2.45) is 12.8 Å². The summed E-state index contributed by atoms with van der Waals surface area (Å²) in [6.45, 7) is 0. The van der Waals surface area contributed by atoms with Crippen LogP contribution >= 0.6 is 12.4 Å². The van der Waals surface area contributed by atoms with Crippen LogP contribution in [0.3, 0.4) is 0 Å². The molecule has 0 bridgehead atoms. The van der Waals surface area contributed by atoms with E-state index in [2.05, 4.69) is 10.1 Å². The Labute approximate surface area is 106 Å². The van der Waals surface area contributed by atoms with Crippen molar-refractivity contribution in [1.82, 2.24) is 14.8 Å². The van der Waals surface area contributed by atoms with Gasteiger partial charge in [0.25, 0.3) is 0 Å². The molecule has 2 N–H and O–H groups in total. The number of methoxy groups -OCH3 is 1. The molecule has 0 aliphatic rings. The molecule has 0 saturated carbocycles. The highest BCUT2D eigenvalue weighted by Gasteiger charge is 2.12. The Balaban J connectivity index is 0.00000144. The van der Waals surface area contributed by atoms with Crippen LogP contribution in [0.25, 0.3) is 0 Å². The summed E-state index contributed by atoms with van der Waals surface area (Å²) in [7, 11) is 3.45. The molecule has 1 unspecified atom stereocenters. The van der Waals surface area contributed by atoms with E-state index in [-0.39, 0.29) is 18.4 Å². The van der Waals surface area contributed by atoms with Gasteiger partial charge in [0.2, 0.25) is 0 Å². The van der Waals surface area contributed by atoms with Gasteiger partial charge >= 0.3 is 0 Å². The van der Waals surface area contributed by atoms with Crippen molar-refractivity contribution in [1.29, 1.82) is 0 Å². The third kappa shape index (κ3) is 2.95. The molecule has 2 rings (SSSR count). The van der Waals surface area contributed by atoms with E-state index in [9.17, 15) is 0 Å². The van der Waals surface area contributed by atoms with Gasteiger partial charge < -0.3 is 10.5 Å². The number of aromatic nitrogens is 3. The molecule has 92 valence electrons. The minimum absolute atomic E-state index is 0. The van der Waals surface area contributed by atoms with Crippen molar-refractivity contribution in [2.75, 3.05) is 7.11 Å². The molecular weight excluding hydrogens is 240 g/mol. The van der Waals surface area contributed by atoms with Crippen LogP contribution in [0.5, 0.6) is 5.75 Å². The maximum Gasteiger partial charge on any atom is 0.171 e. The van der Waals surface area contributed by atoms with Gasteiger partial charge in [0.15, 0.2) is 5.82 Å². The van der Waals surface area contributed by atoms with Gasteiger partial charge in [-0.3, -0.25) is 4.68 Å². The second kappa shape index (κ2) is 5.65. The SMILES string of the molecule is COc1ccc(C(N)c2ncn(C)n2)cc1.Cl. The lowest BCUT2D eigenvalue weighted by atomic mass is 10.1. The topological polar surface area (TPSA) is 66.0 Å². The molecule has 1 atom stereocenters. The summed E-state index contributed by atoms with van der Waals surface area (Å²) >= 11 is 0. The zero-order chi connectivity index (χ0) is 11.5. The lowest BCUT2D eigenvalue weighted by Crippen LogP contribution is -2.14. The highest BCUT2D eigenvalue weighted by atomic mass is 35.5. The number of hydrogen-bond acceptors (Lipinski definition) is 4. The van der Waals surface area contributed by atoms with Gasteiger partial charge in [-0.05, 0) is 17.7 Å². The normalized spacial score (nSPS) is 11.7. The van der Waals surface area contributed by atoms with Crippen molar-refractivity contribution in [3.63, 3.8) is 0 Å². The monoisotopic (exact) mass is 254 g/mol. The molecule has 0 spiro atoms. The fraction of sp³-hybridized carbons (Fsp3) is 0.273. The average Bonchev–Trinajstić information content (AvgIpc) is 2.75. The molecule has 17 heavy (non-hydrogen) atoms. The van der Waals surface area contributed by atoms with E-state index in [0.29, 0.717) is 5.82 Å². The molecule has 0 fully saturated rings. The lowest BCUT2D eigenvalue weighted by Gasteiger charge is -2.08. The van der Waals surface area contributed by atoms with E-state index in [0.717, 1.165) is 11.3 Å². The van der Waals surface area contributed by atoms with Crippen LogP contribution in [0.4, 0.5) is 0 Å². The molecule has 0 radical (unpaired) electrons. The number of ether oxygens (including phenoxy) is 1. The first kappa shape index (κ1) is 13.5. The van der Waals surface area contributed by atoms with Gasteiger partial charge in [-0.15, -0.1) is 12.4 Å². The van der Waals surface area contributed by atoms with Crippen LogP contribution in [0.1, 0.15) is 17.4 Å². The smallest absolute Gasteiger partial charge is 0.171 e. The molecule has 0 aliphatic heterocycles. The average molecular weight is 255 g/mol.